The summed E-state index contributed by atoms with van der Waals surface area (Å²) in [5.41, 5.74) is 0. The van der Waals surface area contributed by atoms with Crippen molar-refractivity contribution in [1.82, 2.24) is 14.5 Å². The molecule has 140 valence electrons. The first-order chi connectivity index (χ1) is 11.0. The lowest BCUT2D eigenvalue weighted by Crippen LogP contribution is -2.58. The van der Waals surface area contributed by atoms with Gasteiger partial charge in [0.25, 0.3) is 0 Å². The maximum absolute atomic E-state index is 12.1. The molecule has 0 unspecified atom stereocenters. The van der Waals surface area contributed by atoms with Gasteiger partial charge in [0.2, 0.25) is 10.0 Å². The Morgan fingerprint density at radius 1 is 1.33 bits per heavy atom. The quantitative estimate of drug-likeness (QED) is 0.523. The Morgan fingerprint density at radius 3 is 2.54 bits per heavy atom. The Morgan fingerprint density at radius 2 is 2.00 bits per heavy atom. The molecule has 1 N–H and O–H groups in total. The molecule has 0 radical (unpaired) electrons. The van der Waals surface area contributed by atoms with Crippen LogP contribution in [0.1, 0.15) is 26.7 Å². The van der Waals surface area contributed by atoms with Gasteiger partial charge >= 0.3 is 0 Å². The summed E-state index contributed by atoms with van der Waals surface area (Å²) in [4.78, 5) is 6.17. The van der Waals surface area contributed by atoms with Gasteiger partial charge in [-0.1, -0.05) is 0 Å². The summed E-state index contributed by atoms with van der Waals surface area (Å²) in [5, 5.41) is 3.22. The first-order valence-corrected chi connectivity index (χ1v) is 11.6. The average Bonchev–Trinajstić information content (AvgIpc) is 2.92. The zero-order chi connectivity index (χ0) is 18.2. The number of hydrogen-bond donors (Lipinski definition) is 1. The highest BCUT2D eigenvalue weighted by atomic mass is 32.2. The molecular weight excluding hydrogens is 352 g/mol. The number of sulfone groups is 1. The molecule has 2 rings (SSSR count). The van der Waals surface area contributed by atoms with Gasteiger partial charge in [-0.05, 0) is 26.7 Å². The first kappa shape index (κ1) is 19.5. The Balaban J connectivity index is 2.01. The van der Waals surface area contributed by atoms with E-state index in [9.17, 15) is 16.8 Å². The van der Waals surface area contributed by atoms with Crippen molar-refractivity contribution in [2.24, 2.45) is 4.99 Å². The van der Waals surface area contributed by atoms with E-state index in [0.717, 1.165) is 12.8 Å². The summed E-state index contributed by atoms with van der Waals surface area (Å²) in [7, 11) is -4.66. The lowest BCUT2D eigenvalue weighted by atomic mass is 10.2. The lowest BCUT2D eigenvalue weighted by molar-refractivity contribution is 0.343. The smallest absolute Gasteiger partial charge is 0.211 e. The summed E-state index contributed by atoms with van der Waals surface area (Å²) in [6.45, 7) is 5.25. The third-order valence-electron chi connectivity index (χ3n) is 4.80. The zero-order valence-electron chi connectivity index (χ0n) is 14.8. The fourth-order valence-corrected chi connectivity index (χ4v) is 5.86. The summed E-state index contributed by atoms with van der Waals surface area (Å²) in [5.74, 6) is 0.720. The second-order valence-electron chi connectivity index (χ2n) is 7.10. The minimum absolute atomic E-state index is 0.0849. The number of rotatable bonds is 3. The predicted octanol–water partition coefficient (Wildman–Crippen LogP) is -0.505. The molecular formula is C14H28N4O4S2. The number of hydrogen-bond acceptors (Lipinski definition) is 5. The van der Waals surface area contributed by atoms with E-state index in [1.807, 2.05) is 4.90 Å². The molecule has 2 saturated heterocycles. The van der Waals surface area contributed by atoms with E-state index in [4.69, 9.17) is 0 Å². The Bertz CT molecular complexity index is 700. The van der Waals surface area contributed by atoms with E-state index >= 15 is 0 Å². The van der Waals surface area contributed by atoms with Crippen molar-refractivity contribution in [3.63, 3.8) is 0 Å². The standard InChI is InChI=1S/C14H28N4O4S2/c1-14(2)11-17(8-9-24(14,21)22)13(15-3)16-10-12-6-5-7-18(12)23(4,19)20/h12H,5-11H2,1-4H3,(H,15,16)/t12-/m1/s1. The van der Waals surface area contributed by atoms with Crippen LogP contribution in [0.5, 0.6) is 0 Å². The van der Waals surface area contributed by atoms with E-state index in [0.29, 0.717) is 32.1 Å². The van der Waals surface area contributed by atoms with Crippen molar-refractivity contribution in [2.45, 2.75) is 37.5 Å². The Labute approximate surface area is 145 Å². The van der Waals surface area contributed by atoms with E-state index < -0.39 is 24.6 Å². The highest BCUT2D eigenvalue weighted by molar-refractivity contribution is 7.92. The average molecular weight is 381 g/mol. The number of nitrogens with one attached hydrogen (secondary N) is 1. The zero-order valence-corrected chi connectivity index (χ0v) is 16.5. The van der Waals surface area contributed by atoms with Crippen LogP contribution in [0, 0.1) is 0 Å². The van der Waals surface area contributed by atoms with Crippen LogP contribution in [0.2, 0.25) is 0 Å². The van der Waals surface area contributed by atoms with Crippen LogP contribution in [0.15, 0.2) is 4.99 Å². The van der Waals surface area contributed by atoms with E-state index in [-0.39, 0.29) is 11.8 Å². The van der Waals surface area contributed by atoms with E-state index in [2.05, 4.69) is 10.3 Å². The molecule has 0 aliphatic carbocycles. The van der Waals surface area contributed by atoms with Gasteiger partial charge in [0.15, 0.2) is 15.8 Å². The van der Waals surface area contributed by atoms with Crippen LogP contribution >= 0.6 is 0 Å². The summed E-state index contributed by atoms with van der Waals surface area (Å²) >= 11 is 0. The molecule has 0 bridgehead atoms. The van der Waals surface area contributed by atoms with Crippen molar-refractivity contribution in [1.29, 1.82) is 0 Å². The van der Waals surface area contributed by atoms with Crippen LogP contribution in [0.3, 0.4) is 0 Å². The van der Waals surface area contributed by atoms with Crippen molar-refractivity contribution < 1.29 is 16.8 Å². The SMILES string of the molecule is CN=C(NC[C@H]1CCCN1S(C)(=O)=O)N1CCS(=O)(=O)C(C)(C)C1. The molecule has 0 amide bonds. The van der Waals surface area contributed by atoms with Gasteiger partial charge in [-0.3, -0.25) is 4.99 Å². The molecule has 0 aromatic carbocycles. The molecule has 0 saturated carbocycles. The second kappa shape index (κ2) is 6.80. The monoisotopic (exact) mass is 380 g/mol. The van der Waals surface area contributed by atoms with Crippen molar-refractivity contribution in [3.05, 3.63) is 0 Å². The molecule has 2 heterocycles. The third kappa shape index (κ3) is 4.02. The molecule has 8 nitrogen and oxygen atoms in total. The Kier molecular flexibility index (Phi) is 5.51. The molecule has 2 aliphatic heterocycles. The molecule has 2 fully saturated rings. The maximum Gasteiger partial charge on any atom is 0.211 e. The molecule has 10 heteroatoms. The number of guanidine groups is 1. The number of sulfonamides is 1. The first-order valence-electron chi connectivity index (χ1n) is 8.13. The lowest BCUT2D eigenvalue weighted by Gasteiger charge is -2.39. The van der Waals surface area contributed by atoms with Gasteiger partial charge in [0.05, 0.1) is 16.8 Å². The van der Waals surface area contributed by atoms with Gasteiger partial charge in [0.1, 0.15) is 0 Å². The van der Waals surface area contributed by atoms with Gasteiger partial charge < -0.3 is 10.2 Å². The molecule has 1 atom stereocenters. The van der Waals surface area contributed by atoms with Crippen molar-refractivity contribution in [2.75, 3.05) is 45.2 Å². The minimum Gasteiger partial charge on any atom is -0.355 e. The molecule has 0 aromatic rings. The fraction of sp³-hybridized carbons (Fsp3) is 0.929. The maximum atomic E-state index is 12.1. The van der Waals surface area contributed by atoms with E-state index in [1.165, 1.54) is 10.6 Å². The minimum atomic E-state index is -3.20. The van der Waals surface area contributed by atoms with Crippen LogP contribution in [-0.2, 0) is 19.9 Å². The van der Waals surface area contributed by atoms with Gasteiger partial charge in [0, 0.05) is 39.3 Å². The van der Waals surface area contributed by atoms with Crippen LogP contribution < -0.4 is 5.32 Å². The van der Waals surface area contributed by atoms with Crippen molar-refractivity contribution >= 4 is 25.8 Å². The predicted molar refractivity (Wildman–Crippen MR) is 95.4 cm³/mol. The van der Waals surface area contributed by atoms with Gasteiger partial charge in [-0.2, -0.15) is 4.31 Å². The highest BCUT2D eigenvalue weighted by Gasteiger charge is 2.41. The fourth-order valence-electron chi connectivity index (χ4n) is 3.32. The summed E-state index contributed by atoms with van der Waals surface area (Å²) in [6.07, 6.45) is 2.90. The summed E-state index contributed by atoms with van der Waals surface area (Å²) in [6, 6.07) is -0.0849. The third-order valence-corrected chi connectivity index (χ3v) is 8.67. The number of aliphatic imine (C=N–C) groups is 1. The van der Waals surface area contributed by atoms with Crippen LogP contribution in [-0.4, -0.2) is 88.0 Å². The van der Waals surface area contributed by atoms with Crippen LogP contribution in [0.4, 0.5) is 0 Å². The Hall–Kier alpha value is -0.870. The normalized spacial score (nSPS) is 28.1. The van der Waals surface area contributed by atoms with Gasteiger partial charge in [-0.25, -0.2) is 16.8 Å². The van der Waals surface area contributed by atoms with Gasteiger partial charge in [-0.15, -0.1) is 0 Å². The van der Waals surface area contributed by atoms with E-state index in [1.54, 1.807) is 20.9 Å². The summed E-state index contributed by atoms with van der Waals surface area (Å²) < 4.78 is 48.6. The molecule has 0 aromatic heterocycles. The largest absolute Gasteiger partial charge is 0.355 e. The number of nitrogens with zero attached hydrogens (tertiary/aromatic N) is 3. The molecule has 24 heavy (non-hydrogen) atoms. The second-order valence-corrected chi connectivity index (χ2v) is 11.8. The molecule has 0 spiro atoms. The topological polar surface area (TPSA) is 99.2 Å². The van der Waals surface area contributed by atoms with Crippen molar-refractivity contribution in [3.8, 4) is 0 Å². The highest BCUT2D eigenvalue weighted by Crippen LogP contribution is 2.24. The van der Waals surface area contributed by atoms with Crippen LogP contribution in [0.25, 0.3) is 0 Å². The molecule has 2 aliphatic rings.